The van der Waals surface area contributed by atoms with E-state index in [9.17, 15) is 13.9 Å². The Morgan fingerprint density at radius 2 is 1.71 bits per heavy atom. The first-order valence-electron chi connectivity index (χ1n) is 9.96. The van der Waals surface area contributed by atoms with Crippen LogP contribution in [0.15, 0.2) is 66.7 Å². The summed E-state index contributed by atoms with van der Waals surface area (Å²) >= 11 is 1.82. The maximum absolute atomic E-state index is 14.2. The lowest BCUT2D eigenvalue weighted by molar-refractivity contribution is 0.477. The van der Waals surface area contributed by atoms with Crippen molar-refractivity contribution in [1.29, 1.82) is 0 Å². The first-order valence-corrected chi connectivity index (χ1v) is 11.1. The summed E-state index contributed by atoms with van der Waals surface area (Å²) in [5, 5.41) is 11.0. The summed E-state index contributed by atoms with van der Waals surface area (Å²) in [4.78, 5) is 11.5. The Morgan fingerprint density at radius 1 is 0.935 bits per heavy atom. The van der Waals surface area contributed by atoms with Gasteiger partial charge in [-0.05, 0) is 48.0 Å². The van der Waals surface area contributed by atoms with Crippen LogP contribution < -0.4 is 4.90 Å². The molecule has 0 amide bonds. The number of hydrogen-bond acceptors (Lipinski definition) is 5. The molecule has 1 N–H and O–H groups in total. The average Bonchev–Trinajstić information content (AvgIpc) is 2.79. The van der Waals surface area contributed by atoms with E-state index in [4.69, 9.17) is 4.98 Å². The number of halogens is 2. The molecule has 4 aromatic rings. The summed E-state index contributed by atoms with van der Waals surface area (Å²) in [6, 6.07) is 17.8. The van der Waals surface area contributed by atoms with E-state index in [0.29, 0.717) is 34.7 Å². The van der Waals surface area contributed by atoms with E-state index in [1.54, 1.807) is 36.4 Å². The second kappa shape index (κ2) is 8.15. The van der Waals surface area contributed by atoms with Crippen LogP contribution in [-0.4, -0.2) is 33.1 Å². The number of nitrogens with zero attached hydrogens (tertiary/aromatic N) is 3. The van der Waals surface area contributed by atoms with E-state index in [1.807, 2.05) is 17.8 Å². The maximum Gasteiger partial charge on any atom is 0.165 e. The molecule has 5 rings (SSSR count). The van der Waals surface area contributed by atoms with Crippen LogP contribution in [0.4, 0.5) is 14.6 Å². The van der Waals surface area contributed by atoms with Crippen molar-refractivity contribution >= 4 is 28.5 Å². The monoisotopic (exact) mass is 435 g/mol. The van der Waals surface area contributed by atoms with Crippen LogP contribution in [0.2, 0.25) is 0 Å². The zero-order chi connectivity index (χ0) is 21.4. The Bertz CT molecular complexity index is 1250. The largest absolute Gasteiger partial charge is 0.507 e. The Morgan fingerprint density at radius 3 is 2.52 bits per heavy atom. The molecule has 7 heteroatoms. The van der Waals surface area contributed by atoms with Gasteiger partial charge in [-0.1, -0.05) is 24.3 Å². The molecule has 31 heavy (non-hydrogen) atoms. The minimum absolute atomic E-state index is 0.0436. The van der Waals surface area contributed by atoms with Crippen LogP contribution in [0.1, 0.15) is 11.6 Å². The van der Waals surface area contributed by atoms with Crippen molar-refractivity contribution in [2.75, 3.05) is 23.0 Å². The Labute approximate surface area is 182 Å². The van der Waals surface area contributed by atoms with Gasteiger partial charge in [0.05, 0.1) is 17.1 Å². The topological polar surface area (TPSA) is 49.3 Å². The summed E-state index contributed by atoms with van der Waals surface area (Å²) in [7, 11) is 0. The molecular formula is C24H19F2N3OS. The van der Waals surface area contributed by atoms with Gasteiger partial charge in [0, 0.05) is 23.4 Å². The third-order valence-electron chi connectivity index (χ3n) is 5.44. The Kier molecular flexibility index (Phi) is 5.19. The standard InChI is InChI=1S/C24H19F2N3OS/c25-16-7-5-15(6-8-16)21-14-31-12-11-29(21)24-19-13-17(26)9-10-20(19)27-23(28-24)18-3-1-2-4-22(18)30/h1-10,13,21,30H,11-12,14H2. The Balaban J connectivity index is 1.70. The predicted molar refractivity (Wildman–Crippen MR) is 120 cm³/mol. The molecule has 1 aromatic heterocycles. The number of rotatable bonds is 3. The fraction of sp³-hybridized carbons (Fsp3) is 0.167. The molecule has 0 radical (unpaired) electrons. The van der Waals surface area contributed by atoms with Crippen molar-refractivity contribution in [3.8, 4) is 17.1 Å². The average molecular weight is 435 g/mol. The van der Waals surface area contributed by atoms with E-state index in [0.717, 1.165) is 17.1 Å². The minimum atomic E-state index is -0.364. The van der Waals surface area contributed by atoms with Crippen molar-refractivity contribution in [3.05, 3.63) is 83.9 Å². The van der Waals surface area contributed by atoms with Crippen LogP contribution >= 0.6 is 11.8 Å². The summed E-state index contributed by atoms with van der Waals surface area (Å²) in [5.74, 6) is 2.12. The van der Waals surface area contributed by atoms with Gasteiger partial charge < -0.3 is 10.0 Å². The fourth-order valence-corrected chi connectivity index (χ4v) is 4.99. The maximum atomic E-state index is 14.2. The number of para-hydroxylation sites is 1. The van der Waals surface area contributed by atoms with Gasteiger partial charge in [-0.15, -0.1) is 0 Å². The molecular weight excluding hydrogens is 416 g/mol. The number of benzene rings is 3. The summed E-state index contributed by atoms with van der Waals surface area (Å²) < 4.78 is 27.7. The molecule has 1 aliphatic rings. The molecule has 1 fully saturated rings. The highest BCUT2D eigenvalue weighted by molar-refractivity contribution is 7.99. The first kappa shape index (κ1) is 19.8. The highest BCUT2D eigenvalue weighted by Crippen LogP contribution is 2.38. The van der Waals surface area contributed by atoms with Crippen LogP contribution in [0, 0.1) is 11.6 Å². The van der Waals surface area contributed by atoms with E-state index in [2.05, 4.69) is 9.88 Å². The fourth-order valence-electron chi connectivity index (χ4n) is 3.90. The molecule has 0 bridgehead atoms. The third kappa shape index (κ3) is 3.81. The van der Waals surface area contributed by atoms with Gasteiger partial charge in [0.2, 0.25) is 0 Å². The van der Waals surface area contributed by atoms with Crippen molar-refractivity contribution in [2.24, 2.45) is 0 Å². The van der Waals surface area contributed by atoms with Gasteiger partial charge in [-0.2, -0.15) is 11.8 Å². The lowest BCUT2D eigenvalue weighted by atomic mass is 10.1. The molecule has 1 aliphatic heterocycles. The molecule has 3 aromatic carbocycles. The Hall–Kier alpha value is -3.19. The van der Waals surface area contributed by atoms with E-state index in [-0.39, 0.29) is 23.4 Å². The molecule has 0 saturated carbocycles. The number of phenols is 1. The zero-order valence-corrected chi connectivity index (χ0v) is 17.3. The number of anilines is 1. The normalized spacial score (nSPS) is 16.6. The van der Waals surface area contributed by atoms with Gasteiger partial charge >= 0.3 is 0 Å². The zero-order valence-electron chi connectivity index (χ0n) is 16.5. The summed E-state index contributed by atoms with van der Waals surface area (Å²) in [6.45, 7) is 0.704. The molecule has 0 spiro atoms. The van der Waals surface area contributed by atoms with Crippen molar-refractivity contribution in [3.63, 3.8) is 0 Å². The van der Waals surface area contributed by atoms with E-state index < -0.39 is 0 Å². The number of phenolic OH excluding ortho intramolecular Hbond substituents is 1. The molecule has 2 heterocycles. The SMILES string of the molecule is Oc1ccccc1-c1nc(N2CCSCC2c2ccc(F)cc2)c2cc(F)ccc2n1. The third-order valence-corrected chi connectivity index (χ3v) is 6.46. The van der Waals surface area contributed by atoms with Gasteiger partial charge in [-0.3, -0.25) is 0 Å². The number of aromatic hydroxyl groups is 1. The molecule has 1 unspecified atom stereocenters. The highest BCUT2D eigenvalue weighted by atomic mass is 32.2. The second-order valence-electron chi connectivity index (χ2n) is 7.39. The minimum Gasteiger partial charge on any atom is -0.507 e. The van der Waals surface area contributed by atoms with Crippen LogP contribution in [0.25, 0.3) is 22.3 Å². The number of aromatic nitrogens is 2. The van der Waals surface area contributed by atoms with Crippen LogP contribution in [0.3, 0.4) is 0 Å². The lowest BCUT2D eigenvalue weighted by Crippen LogP contribution is -2.37. The number of hydrogen-bond donors (Lipinski definition) is 1. The second-order valence-corrected chi connectivity index (χ2v) is 8.53. The molecule has 4 nitrogen and oxygen atoms in total. The van der Waals surface area contributed by atoms with Crippen LogP contribution in [-0.2, 0) is 0 Å². The number of thioether (sulfide) groups is 1. The quantitative estimate of drug-likeness (QED) is 0.456. The van der Waals surface area contributed by atoms with Gasteiger partial charge in [0.25, 0.3) is 0 Å². The van der Waals surface area contributed by atoms with Gasteiger partial charge in [0.1, 0.15) is 23.2 Å². The van der Waals surface area contributed by atoms with Crippen molar-refractivity contribution in [1.82, 2.24) is 9.97 Å². The highest BCUT2D eigenvalue weighted by Gasteiger charge is 2.28. The first-order chi connectivity index (χ1) is 15.1. The van der Waals surface area contributed by atoms with Gasteiger partial charge in [0.15, 0.2) is 5.82 Å². The predicted octanol–water partition coefficient (Wildman–Crippen LogP) is 5.58. The van der Waals surface area contributed by atoms with E-state index >= 15 is 0 Å². The molecule has 0 aliphatic carbocycles. The van der Waals surface area contributed by atoms with Crippen molar-refractivity contribution < 1.29 is 13.9 Å². The summed E-state index contributed by atoms with van der Waals surface area (Å²) in [5.41, 5.74) is 2.08. The smallest absolute Gasteiger partial charge is 0.165 e. The molecule has 1 saturated heterocycles. The lowest BCUT2D eigenvalue weighted by Gasteiger charge is -2.37. The van der Waals surface area contributed by atoms with Crippen LogP contribution in [0.5, 0.6) is 5.75 Å². The van der Waals surface area contributed by atoms with Crippen molar-refractivity contribution in [2.45, 2.75) is 6.04 Å². The number of fused-ring (bicyclic) bond motifs is 1. The summed E-state index contributed by atoms with van der Waals surface area (Å²) in [6.07, 6.45) is 0. The molecule has 156 valence electrons. The van der Waals surface area contributed by atoms with Gasteiger partial charge in [-0.25, -0.2) is 18.7 Å². The molecule has 1 atom stereocenters. The van der Waals surface area contributed by atoms with E-state index in [1.165, 1.54) is 24.3 Å².